The van der Waals surface area contributed by atoms with Gasteiger partial charge in [-0.05, 0) is 44.0 Å². The number of methoxy groups -OCH3 is 2. The summed E-state index contributed by atoms with van der Waals surface area (Å²) in [4.78, 5) is 24.7. The van der Waals surface area contributed by atoms with Crippen molar-refractivity contribution in [2.75, 3.05) is 25.6 Å². The molecular weight excluding hydrogens is 340 g/mol. The van der Waals surface area contributed by atoms with E-state index in [0.717, 1.165) is 22.2 Å². The molecule has 7 heteroatoms. The molecule has 0 radical (unpaired) electrons. The van der Waals surface area contributed by atoms with Crippen LogP contribution in [0.1, 0.15) is 35.8 Å². The fourth-order valence-corrected chi connectivity index (χ4v) is 3.85. The van der Waals surface area contributed by atoms with Gasteiger partial charge < -0.3 is 18.3 Å². The monoisotopic (exact) mass is 360 g/mol. The molecule has 0 N–H and O–H groups in total. The highest BCUT2D eigenvalue weighted by Gasteiger charge is 2.25. The van der Waals surface area contributed by atoms with Gasteiger partial charge in [-0.15, -0.1) is 0 Å². The Labute approximate surface area is 150 Å². The van der Waals surface area contributed by atoms with Gasteiger partial charge in [0.25, 0.3) is 0 Å². The van der Waals surface area contributed by atoms with Gasteiger partial charge in [0.05, 0.1) is 31.0 Å². The van der Waals surface area contributed by atoms with Gasteiger partial charge in [0, 0.05) is 30.2 Å². The van der Waals surface area contributed by atoms with E-state index in [4.69, 9.17) is 9.47 Å². The lowest BCUT2D eigenvalue weighted by Gasteiger charge is -2.20. The summed E-state index contributed by atoms with van der Waals surface area (Å²) in [5.74, 6) is -0.775. The minimum absolute atomic E-state index is 0.198. The predicted octanol–water partition coefficient (Wildman–Crippen LogP) is 3.62. The Morgan fingerprint density at radius 1 is 1.12 bits per heavy atom. The molecule has 0 fully saturated rings. The van der Waals surface area contributed by atoms with Gasteiger partial charge in [-0.25, -0.2) is 9.59 Å². The van der Waals surface area contributed by atoms with Crippen LogP contribution in [0.2, 0.25) is 0 Å². The van der Waals surface area contributed by atoms with Crippen molar-refractivity contribution < 1.29 is 19.1 Å². The number of nitrogens with zero attached hydrogens (tertiary/aromatic N) is 2. The van der Waals surface area contributed by atoms with Crippen molar-refractivity contribution in [2.45, 2.75) is 19.9 Å². The zero-order valence-corrected chi connectivity index (χ0v) is 15.6. The third-order valence-electron chi connectivity index (χ3n) is 4.17. The summed E-state index contributed by atoms with van der Waals surface area (Å²) >= 11 is 1.27. The highest BCUT2D eigenvalue weighted by atomic mass is 32.2. The van der Waals surface area contributed by atoms with Crippen molar-refractivity contribution in [3.63, 3.8) is 0 Å². The lowest BCUT2D eigenvalue weighted by molar-refractivity contribution is -0.135. The summed E-state index contributed by atoms with van der Waals surface area (Å²) in [6.07, 6.45) is 3.84. The number of rotatable bonds is 3. The van der Waals surface area contributed by atoms with Crippen LogP contribution < -0.4 is 4.31 Å². The minimum atomic E-state index is -0.389. The first kappa shape index (κ1) is 17.4. The molecular formula is C18H20N2O4S. The molecule has 25 heavy (non-hydrogen) atoms. The van der Waals surface area contributed by atoms with Gasteiger partial charge in [-0.2, -0.15) is 0 Å². The van der Waals surface area contributed by atoms with Crippen LogP contribution in [0.4, 0.5) is 5.69 Å². The second-order valence-corrected chi connectivity index (χ2v) is 7.23. The number of aromatic nitrogens is 1. The van der Waals surface area contributed by atoms with Crippen LogP contribution in [-0.4, -0.2) is 37.8 Å². The van der Waals surface area contributed by atoms with E-state index >= 15 is 0 Å². The average molecular weight is 360 g/mol. The quantitative estimate of drug-likeness (QED) is 0.615. The van der Waals surface area contributed by atoms with E-state index in [9.17, 15) is 9.59 Å². The van der Waals surface area contributed by atoms with Crippen LogP contribution in [0.3, 0.4) is 0 Å². The summed E-state index contributed by atoms with van der Waals surface area (Å²) in [5.41, 5.74) is 3.18. The van der Waals surface area contributed by atoms with Crippen LogP contribution in [0.15, 0.2) is 23.2 Å². The van der Waals surface area contributed by atoms with Crippen LogP contribution in [0, 0.1) is 0 Å². The number of carbonyl (C=O) groups is 2. The van der Waals surface area contributed by atoms with E-state index in [1.54, 1.807) is 6.07 Å². The van der Waals surface area contributed by atoms with E-state index in [1.807, 2.05) is 29.7 Å². The summed E-state index contributed by atoms with van der Waals surface area (Å²) in [6.45, 7) is 4.14. The fraction of sp³-hybridized carbons (Fsp3) is 0.333. The summed E-state index contributed by atoms with van der Waals surface area (Å²) in [5, 5.41) is 0.996. The second-order valence-electron chi connectivity index (χ2n) is 6.06. The molecule has 1 aromatic carbocycles. The van der Waals surface area contributed by atoms with Crippen molar-refractivity contribution in [2.24, 2.45) is 0 Å². The molecule has 0 aliphatic carbocycles. The van der Waals surface area contributed by atoms with Gasteiger partial charge in [0.1, 0.15) is 4.91 Å². The number of hydrogen-bond donors (Lipinski definition) is 0. The van der Waals surface area contributed by atoms with Gasteiger partial charge in [0.15, 0.2) is 0 Å². The number of esters is 2. The highest BCUT2D eigenvalue weighted by Crippen LogP contribution is 2.42. The molecule has 0 unspecified atom stereocenters. The van der Waals surface area contributed by atoms with Gasteiger partial charge in [-0.3, -0.25) is 0 Å². The highest BCUT2D eigenvalue weighted by molar-refractivity contribution is 8.05. The van der Waals surface area contributed by atoms with Gasteiger partial charge in [0.2, 0.25) is 0 Å². The first-order valence-electron chi connectivity index (χ1n) is 7.86. The molecule has 6 nitrogen and oxygen atoms in total. The third kappa shape index (κ3) is 2.89. The first-order valence-corrected chi connectivity index (χ1v) is 8.63. The van der Waals surface area contributed by atoms with Crippen LogP contribution in [-0.2, 0) is 14.3 Å². The summed E-state index contributed by atoms with van der Waals surface area (Å²) in [7, 11) is 4.59. The third-order valence-corrected chi connectivity index (χ3v) is 5.12. The standard InChI is InChI=1S/C18H20N2O4S/c1-10(2)20-9-12-8-15(18(22)24-5)25-19(3)13-6-11(17(21)23-4)7-14(20)16(12)13/h6-10H,1-5H3. The maximum atomic E-state index is 12.1. The topological polar surface area (TPSA) is 60.8 Å². The molecule has 3 rings (SSSR count). The average Bonchev–Trinajstić information content (AvgIpc) is 2.90. The smallest absolute Gasteiger partial charge is 0.346 e. The molecule has 132 valence electrons. The molecule has 1 aromatic heterocycles. The normalized spacial score (nSPS) is 13.7. The number of carbonyl (C=O) groups excluding carboxylic acids is 2. The lowest BCUT2D eigenvalue weighted by atomic mass is 10.1. The maximum Gasteiger partial charge on any atom is 0.346 e. The number of benzene rings is 1. The van der Waals surface area contributed by atoms with Crippen LogP contribution >= 0.6 is 11.9 Å². The zero-order chi connectivity index (χ0) is 18.3. The van der Waals surface area contributed by atoms with Crippen LogP contribution in [0.5, 0.6) is 0 Å². The van der Waals surface area contributed by atoms with Crippen molar-refractivity contribution in [3.8, 4) is 0 Å². The molecule has 1 aliphatic rings. The van der Waals surface area contributed by atoms with Crippen molar-refractivity contribution in [1.82, 2.24) is 4.57 Å². The molecule has 0 saturated carbocycles. The molecule has 0 spiro atoms. The van der Waals surface area contributed by atoms with Gasteiger partial charge >= 0.3 is 11.9 Å². The summed E-state index contributed by atoms with van der Waals surface area (Å²) < 4.78 is 13.7. The number of hydrogen-bond acceptors (Lipinski definition) is 6. The first-order chi connectivity index (χ1) is 11.9. The minimum Gasteiger partial charge on any atom is -0.465 e. The fourth-order valence-electron chi connectivity index (χ4n) is 2.98. The molecule has 0 bridgehead atoms. The Morgan fingerprint density at radius 2 is 1.80 bits per heavy atom. The Morgan fingerprint density at radius 3 is 2.40 bits per heavy atom. The SMILES string of the molecule is COC(=O)C1=Cc2cn(C(C)C)c3cc(C(=O)OC)cc(c23)N(C)S1. The Kier molecular flexibility index (Phi) is 4.51. The predicted molar refractivity (Wildman–Crippen MR) is 99.6 cm³/mol. The van der Waals surface area contributed by atoms with Crippen LogP contribution in [0.25, 0.3) is 17.0 Å². The summed E-state index contributed by atoms with van der Waals surface area (Å²) in [6, 6.07) is 3.83. The Hall–Kier alpha value is -2.41. The molecule has 0 amide bonds. The van der Waals surface area contributed by atoms with E-state index in [-0.39, 0.29) is 18.0 Å². The van der Waals surface area contributed by atoms with Gasteiger partial charge in [-0.1, -0.05) is 0 Å². The molecule has 0 atom stereocenters. The number of anilines is 1. The van der Waals surface area contributed by atoms with Crippen molar-refractivity contribution in [3.05, 3.63) is 34.4 Å². The largest absolute Gasteiger partial charge is 0.465 e. The molecule has 2 heterocycles. The number of ether oxygens (including phenoxy) is 2. The van der Waals surface area contributed by atoms with Crippen molar-refractivity contribution >= 4 is 46.6 Å². The molecule has 0 saturated heterocycles. The van der Waals surface area contributed by atoms with E-state index < -0.39 is 0 Å². The Bertz CT molecular complexity index is 898. The maximum absolute atomic E-state index is 12.1. The van der Waals surface area contributed by atoms with E-state index in [2.05, 4.69) is 18.4 Å². The van der Waals surface area contributed by atoms with E-state index in [1.165, 1.54) is 26.2 Å². The second kappa shape index (κ2) is 6.48. The lowest BCUT2D eigenvalue weighted by Crippen LogP contribution is -2.12. The Balaban J connectivity index is 2.33. The molecule has 1 aliphatic heterocycles. The zero-order valence-electron chi connectivity index (χ0n) is 14.8. The van der Waals surface area contributed by atoms with Crippen molar-refractivity contribution in [1.29, 1.82) is 0 Å². The van der Waals surface area contributed by atoms with E-state index in [0.29, 0.717) is 10.5 Å². The molecule has 2 aromatic rings.